The van der Waals surface area contributed by atoms with Crippen LogP contribution in [0.4, 0.5) is 0 Å². The van der Waals surface area contributed by atoms with E-state index in [1.807, 2.05) is 12.1 Å². The molecule has 1 heterocycles. The lowest BCUT2D eigenvalue weighted by Crippen LogP contribution is -2.00. The average Bonchev–Trinajstić information content (AvgIpc) is 2.38. The molecule has 0 spiro atoms. The number of alkyl halides is 2. The third-order valence-electron chi connectivity index (χ3n) is 1.11. The fourth-order valence-corrected chi connectivity index (χ4v) is 1.02. The highest BCUT2D eigenvalue weighted by Gasteiger charge is 2.23. The van der Waals surface area contributed by atoms with Crippen LogP contribution in [0.1, 0.15) is 5.76 Å². The van der Waals surface area contributed by atoms with Crippen LogP contribution in [0.3, 0.4) is 0 Å². The summed E-state index contributed by atoms with van der Waals surface area (Å²) >= 11 is 6.75. The fraction of sp³-hybridized carbons (Fsp3) is 0.143. The number of halogens is 2. The molecule has 3 heteroatoms. The Morgan fingerprint density at radius 2 is 2.30 bits per heavy atom. The van der Waals surface area contributed by atoms with Crippen molar-refractivity contribution in [1.29, 1.82) is 0 Å². The van der Waals surface area contributed by atoms with Crippen molar-refractivity contribution in [3.05, 3.63) is 36.8 Å². The van der Waals surface area contributed by atoms with E-state index in [9.17, 15) is 0 Å². The number of rotatable bonds is 2. The molecule has 0 aliphatic carbocycles. The molecule has 0 N–H and O–H groups in total. The van der Waals surface area contributed by atoms with E-state index in [1.165, 1.54) is 0 Å². The lowest BCUT2D eigenvalue weighted by Gasteiger charge is -2.10. The van der Waals surface area contributed by atoms with Crippen LogP contribution in [0, 0.1) is 0 Å². The predicted octanol–water partition coefficient (Wildman–Crippen LogP) is 3.41. The van der Waals surface area contributed by atoms with Crippen molar-refractivity contribution in [1.82, 2.24) is 0 Å². The van der Waals surface area contributed by atoms with Crippen LogP contribution >= 0.6 is 31.9 Å². The van der Waals surface area contributed by atoms with Gasteiger partial charge in [0.1, 0.15) is 5.76 Å². The van der Waals surface area contributed by atoms with Gasteiger partial charge in [0.2, 0.25) is 0 Å². The van der Waals surface area contributed by atoms with Crippen LogP contribution in [-0.2, 0) is 3.23 Å². The first-order valence-corrected chi connectivity index (χ1v) is 4.31. The largest absolute Gasteiger partial charge is 0.467 e. The molecule has 54 valence electrons. The monoisotopic (exact) mass is 264 g/mol. The van der Waals surface area contributed by atoms with Crippen molar-refractivity contribution in [3.63, 3.8) is 0 Å². The number of furan rings is 1. The second-order valence-corrected chi connectivity index (χ2v) is 5.37. The highest BCUT2D eigenvalue weighted by atomic mass is 79.9. The zero-order chi connectivity index (χ0) is 7.61. The van der Waals surface area contributed by atoms with Gasteiger partial charge in [-0.3, -0.25) is 0 Å². The summed E-state index contributed by atoms with van der Waals surface area (Å²) in [4.78, 5) is 0. The van der Waals surface area contributed by atoms with Crippen molar-refractivity contribution in [2.24, 2.45) is 0 Å². The van der Waals surface area contributed by atoms with Gasteiger partial charge in [-0.05, 0) is 12.1 Å². The Labute approximate surface area is 76.4 Å². The van der Waals surface area contributed by atoms with E-state index in [2.05, 4.69) is 38.4 Å². The van der Waals surface area contributed by atoms with Gasteiger partial charge in [-0.15, -0.1) is 6.58 Å². The van der Waals surface area contributed by atoms with Gasteiger partial charge < -0.3 is 4.42 Å². The summed E-state index contributed by atoms with van der Waals surface area (Å²) in [7, 11) is 0. The van der Waals surface area contributed by atoms with Crippen LogP contribution in [0.15, 0.2) is 35.5 Å². The van der Waals surface area contributed by atoms with Crippen molar-refractivity contribution >= 4 is 31.9 Å². The van der Waals surface area contributed by atoms with Gasteiger partial charge in [-0.1, -0.05) is 37.9 Å². The first-order chi connectivity index (χ1) is 4.67. The van der Waals surface area contributed by atoms with E-state index in [4.69, 9.17) is 4.42 Å². The maximum absolute atomic E-state index is 5.12. The zero-order valence-electron chi connectivity index (χ0n) is 5.18. The Balaban J connectivity index is 2.95. The van der Waals surface area contributed by atoms with Crippen LogP contribution in [0.25, 0.3) is 0 Å². The van der Waals surface area contributed by atoms with Gasteiger partial charge in [-0.2, -0.15) is 0 Å². The van der Waals surface area contributed by atoms with Crippen LogP contribution in [-0.4, -0.2) is 0 Å². The molecule has 1 nitrogen and oxygen atoms in total. The molecule has 1 aromatic heterocycles. The Bertz CT molecular complexity index is 214. The van der Waals surface area contributed by atoms with Crippen molar-refractivity contribution < 1.29 is 4.42 Å². The average molecular weight is 266 g/mol. The molecule has 1 rings (SSSR count). The summed E-state index contributed by atoms with van der Waals surface area (Å²) in [5.74, 6) is 0.794. The quantitative estimate of drug-likeness (QED) is 0.590. The summed E-state index contributed by atoms with van der Waals surface area (Å²) < 4.78 is 4.71. The molecule has 1 aromatic rings. The Morgan fingerprint density at radius 1 is 1.60 bits per heavy atom. The molecule has 10 heavy (non-hydrogen) atoms. The van der Waals surface area contributed by atoms with Crippen molar-refractivity contribution in [2.45, 2.75) is 3.23 Å². The first kappa shape index (κ1) is 8.08. The maximum atomic E-state index is 5.12. The van der Waals surface area contributed by atoms with Crippen molar-refractivity contribution in [3.8, 4) is 0 Å². The molecule has 0 aliphatic rings. The molecule has 0 saturated heterocycles. The minimum Gasteiger partial charge on any atom is -0.467 e. The maximum Gasteiger partial charge on any atom is 0.155 e. The summed E-state index contributed by atoms with van der Waals surface area (Å²) in [6.45, 7) is 3.63. The van der Waals surface area contributed by atoms with E-state index in [1.54, 1.807) is 12.3 Å². The van der Waals surface area contributed by atoms with Crippen LogP contribution < -0.4 is 0 Å². The smallest absolute Gasteiger partial charge is 0.155 e. The second-order valence-electron chi connectivity index (χ2n) is 1.80. The number of allylic oxidation sites excluding steroid dienone is 1. The van der Waals surface area contributed by atoms with Gasteiger partial charge in [0.25, 0.3) is 0 Å². The van der Waals surface area contributed by atoms with Gasteiger partial charge in [0.15, 0.2) is 3.23 Å². The van der Waals surface area contributed by atoms with Crippen molar-refractivity contribution in [2.75, 3.05) is 0 Å². The minimum atomic E-state index is -0.413. The molecule has 0 aliphatic heterocycles. The third kappa shape index (κ3) is 1.52. The van der Waals surface area contributed by atoms with E-state index in [-0.39, 0.29) is 0 Å². The Hall–Kier alpha value is -0.0200. The molecule has 0 bridgehead atoms. The molecule has 0 atom stereocenters. The van der Waals surface area contributed by atoms with Gasteiger partial charge >= 0.3 is 0 Å². The summed E-state index contributed by atoms with van der Waals surface area (Å²) in [5, 5.41) is 0. The van der Waals surface area contributed by atoms with Gasteiger partial charge in [0, 0.05) is 0 Å². The normalized spacial score (nSPS) is 11.4. The highest BCUT2D eigenvalue weighted by Crippen LogP contribution is 2.38. The highest BCUT2D eigenvalue weighted by molar-refractivity contribution is 9.25. The van der Waals surface area contributed by atoms with E-state index in [0.717, 1.165) is 5.76 Å². The predicted molar refractivity (Wildman–Crippen MR) is 48.4 cm³/mol. The van der Waals surface area contributed by atoms with Gasteiger partial charge in [-0.25, -0.2) is 0 Å². The molecule has 0 fully saturated rings. The van der Waals surface area contributed by atoms with E-state index in [0.29, 0.717) is 0 Å². The Morgan fingerprint density at radius 3 is 2.70 bits per heavy atom. The minimum absolute atomic E-state index is 0.413. The summed E-state index contributed by atoms with van der Waals surface area (Å²) in [6.07, 6.45) is 3.34. The summed E-state index contributed by atoms with van der Waals surface area (Å²) in [5.41, 5.74) is 0. The molecule has 0 saturated carbocycles. The lowest BCUT2D eigenvalue weighted by atomic mass is 10.3. The standard InChI is InChI=1S/C7H6Br2O/c1-2-7(8,9)6-4-3-5-10-6/h2-5H,1H2. The SMILES string of the molecule is C=CC(Br)(Br)c1ccco1. The molecular weight excluding hydrogens is 260 g/mol. The topological polar surface area (TPSA) is 13.1 Å². The fourth-order valence-electron chi connectivity index (χ4n) is 0.569. The van der Waals surface area contributed by atoms with E-state index < -0.39 is 3.23 Å². The number of hydrogen-bond acceptors (Lipinski definition) is 1. The summed E-state index contributed by atoms with van der Waals surface area (Å²) in [6, 6.07) is 3.70. The third-order valence-corrected chi connectivity index (χ3v) is 2.54. The zero-order valence-corrected chi connectivity index (χ0v) is 8.35. The van der Waals surface area contributed by atoms with E-state index >= 15 is 0 Å². The first-order valence-electron chi connectivity index (χ1n) is 2.72. The second kappa shape index (κ2) is 2.93. The molecule has 0 aromatic carbocycles. The number of hydrogen-bond donors (Lipinski definition) is 0. The molecular formula is C7H6Br2O. The lowest BCUT2D eigenvalue weighted by molar-refractivity contribution is 0.516. The van der Waals surface area contributed by atoms with Gasteiger partial charge in [0.05, 0.1) is 6.26 Å². The van der Waals surface area contributed by atoms with Crippen LogP contribution in [0.5, 0.6) is 0 Å². The molecule has 0 radical (unpaired) electrons. The van der Waals surface area contributed by atoms with Crippen LogP contribution in [0.2, 0.25) is 0 Å². The Kier molecular flexibility index (Phi) is 2.36. The molecule has 0 amide bonds. The molecule has 0 unspecified atom stereocenters.